The summed E-state index contributed by atoms with van der Waals surface area (Å²) in [5, 5.41) is 2.81. The Balaban J connectivity index is 1.38. The second-order valence-electron chi connectivity index (χ2n) is 7.63. The number of halogens is 2. The van der Waals surface area contributed by atoms with Crippen LogP contribution in [-0.4, -0.2) is 15.5 Å². The van der Waals surface area contributed by atoms with Gasteiger partial charge in [0.15, 0.2) is 0 Å². The van der Waals surface area contributed by atoms with Crippen LogP contribution >= 0.6 is 15.9 Å². The smallest absolute Gasteiger partial charge is 0.251 e. The number of carbonyl (C=O) groups excluding carboxylic acids is 1. The van der Waals surface area contributed by atoms with Gasteiger partial charge in [-0.3, -0.25) is 14.6 Å². The number of nitrogens with zero attached hydrogens (tertiary/aromatic N) is 2. The number of pyridine rings is 2. The Kier molecular flexibility index (Phi) is 7.10. The van der Waals surface area contributed by atoms with Crippen LogP contribution in [0.15, 0.2) is 94.5 Å². The van der Waals surface area contributed by atoms with Crippen molar-refractivity contribution in [2.24, 2.45) is 0 Å². The highest BCUT2D eigenvalue weighted by Crippen LogP contribution is 2.16. The Morgan fingerprint density at radius 2 is 1.73 bits per heavy atom. The summed E-state index contributed by atoms with van der Waals surface area (Å²) in [6.45, 7) is 0.739. The Hall–Kier alpha value is -3.58. The molecule has 0 spiro atoms. The van der Waals surface area contributed by atoms with E-state index in [4.69, 9.17) is 0 Å². The summed E-state index contributed by atoms with van der Waals surface area (Å²) in [4.78, 5) is 28.8. The van der Waals surface area contributed by atoms with Gasteiger partial charge in [-0.05, 0) is 63.0 Å². The maximum atomic E-state index is 13.7. The van der Waals surface area contributed by atoms with Crippen LogP contribution in [0.3, 0.4) is 0 Å². The van der Waals surface area contributed by atoms with Crippen LogP contribution in [0.4, 0.5) is 4.39 Å². The van der Waals surface area contributed by atoms with Crippen molar-refractivity contribution in [3.63, 3.8) is 0 Å². The van der Waals surface area contributed by atoms with Crippen LogP contribution < -0.4 is 10.9 Å². The fraction of sp³-hybridized carbons (Fsp3) is 0.115. The minimum absolute atomic E-state index is 0.0360. The van der Waals surface area contributed by atoms with Gasteiger partial charge in [-0.25, -0.2) is 4.39 Å². The molecule has 0 aliphatic carbocycles. The SMILES string of the molecule is O=C(NCc1ccc(Br)c(F)c1)c1ccnc(Cc2ccc(Cn3ccccc3=O)cc2)c1. The lowest BCUT2D eigenvalue weighted by molar-refractivity contribution is 0.0950. The Morgan fingerprint density at radius 3 is 2.48 bits per heavy atom. The fourth-order valence-corrected chi connectivity index (χ4v) is 3.66. The third-order valence-corrected chi connectivity index (χ3v) is 5.82. The lowest BCUT2D eigenvalue weighted by Crippen LogP contribution is -2.23. The molecule has 0 unspecified atom stereocenters. The molecule has 0 aliphatic heterocycles. The molecular formula is C26H21BrFN3O2. The highest BCUT2D eigenvalue weighted by atomic mass is 79.9. The van der Waals surface area contributed by atoms with Crippen molar-refractivity contribution < 1.29 is 9.18 Å². The first-order valence-corrected chi connectivity index (χ1v) is 11.2. The summed E-state index contributed by atoms with van der Waals surface area (Å²) in [5.74, 6) is -0.611. The van der Waals surface area contributed by atoms with Crippen LogP contribution in [0.25, 0.3) is 0 Å². The zero-order valence-corrected chi connectivity index (χ0v) is 19.3. The molecule has 4 aromatic rings. The largest absolute Gasteiger partial charge is 0.348 e. The molecular weight excluding hydrogens is 485 g/mol. The van der Waals surface area contributed by atoms with Crippen molar-refractivity contribution in [3.05, 3.63) is 134 Å². The molecule has 0 bridgehead atoms. The van der Waals surface area contributed by atoms with Crippen molar-refractivity contribution in [1.29, 1.82) is 0 Å². The van der Waals surface area contributed by atoms with E-state index in [0.717, 1.165) is 16.8 Å². The molecule has 1 amide bonds. The molecule has 0 aliphatic rings. The molecule has 0 saturated heterocycles. The minimum atomic E-state index is -0.366. The second-order valence-corrected chi connectivity index (χ2v) is 8.48. The van der Waals surface area contributed by atoms with Gasteiger partial charge < -0.3 is 9.88 Å². The van der Waals surface area contributed by atoms with Gasteiger partial charge in [0.1, 0.15) is 5.82 Å². The topological polar surface area (TPSA) is 64.0 Å². The van der Waals surface area contributed by atoms with Gasteiger partial charge in [0.2, 0.25) is 0 Å². The van der Waals surface area contributed by atoms with E-state index in [1.165, 1.54) is 6.07 Å². The van der Waals surface area contributed by atoms with Crippen LogP contribution in [0, 0.1) is 5.82 Å². The van der Waals surface area contributed by atoms with Crippen LogP contribution in [-0.2, 0) is 19.5 Å². The third kappa shape index (κ3) is 6.02. The van der Waals surface area contributed by atoms with Crippen LogP contribution in [0.2, 0.25) is 0 Å². The molecule has 0 saturated carbocycles. The van der Waals surface area contributed by atoms with E-state index in [9.17, 15) is 14.0 Å². The van der Waals surface area contributed by atoms with Gasteiger partial charge in [0, 0.05) is 42.7 Å². The Morgan fingerprint density at radius 1 is 0.970 bits per heavy atom. The standard InChI is InChI=1S/C26H21BrFN3O2/c27-23-9-8-20(14-24(23)28)16-30-26(33)21-10-11-29-22(15-21)13-18-4-6-19(7-5-18)17-31-12-2-1-3-25(31)32/h1-12,14-15H,13,16-17H2,(H,30,33). The number of hydrogen-bond acceptors (Lipinski definition) is 3. The van der Waals surface area contributed by atoms with Crippen molar-refractivity contribution >= 4 is 21.8 Å². The van der Waals surface area contributed by atoms with E-state index in [2.05, 4.69) is 26.2 Å². The first kappa shape index (κ1) is 22.6. The number of carbonyl (C=O) groups is 1. The molecule has 166 valence electrons. The molecule has 2 heterocycles. The van der Waals surface area contributed by atoms with Gasteiger partial charge in [-0.15, -0.1) is 0 Å². The van der Waals surface area contributed by atoms with Gasteiger partial charge in [0.25, 0.3) is 11.5 Å². The maximum Gasteiger partial charge on any atom is 0.251 e. The highest BCUT2D eigenvalue weighted by molar-refractivity contribution is 9.10. The van der Waals surface area contributed by atoms with E-state index < -0.39 is 0 Å². The quantitative estimate of drug-likeness (QED) is 0.395. The van der Waals surface area contributed by atoms with E-state index in [0.29, 0.717) is 28.6 Å². The molecule has 1 N–H and O–H groups in total. The van der Waals surface area contributed by atoms with Crippen molar-refractivity contribution in [1.82, 2.24) is 14.9 Å². The number of amides is 1. The van der Waals surface area contributed by atoms with Gasteiger partial charge in [0.05, 0.1) is 11.0 Å². The summed E-state index contributed by atoms with van der Waals surface area (Å²) in [7, 11) is 0. The zero-order valence-electron chi connectivity index (χ0n) is 17.7. The first-order chi connectivity index (χ1) is 16.0. The zero-order chi connectivity index (χ0) is 23.2. The van der Waals surface area contributed by atoms with Crippen LogP contribution in [0.1, 0.15) is 32.7 Å². The van der Waals surface area contributed by atoms with Crippen molar-refractivity contribution in [2.45, 2.75) is 19.5 Å². The summed E-state index contributed by atoms with van der Waals surface area (Å²) in [6.07, 6.45) is 3.95. The van der Waals surface area contributed by atoms with Gasteiger partial charge in [-0.2, -0.15) is 0 Å². The molecule has 0 fully saturated rings. The Labute approximate surface area is 199 Å². The minimum Gasteiger partial charge on any atom is -0.348 e. The number of aromatic nitrogens is 2. The van der Waals surface area contributed by atoms with Crippen molar-refractivity contribution in [3.8, 4) is 0 Å². The molecule has 5 nitrogen and oxygen atoms in total. The average molecular weight is 506 g/mol. The summed E-state index contributed by atoms with van der Waals surface area (Å²) in [6, 6.07) is 21.3. The lowest BCUT2D eigenvalue weighted by Gasteiger charge is -2.09. The van der Waals surface area contributed by atoms with E-state index >= 15 is 0 Å². The molecule has 2 aromatic carbocycles. The molecule has 4 rings (SSSR count). The highest BCUT2D eigenvalue weighted by Gasteiger charge is 2.09. The molecule has 33 heavy (non-hydrogen) atoms. The summed E-state index contributed by atoms with van der Waals surface area (Å²) >= 11 is 3.12. The predicted molar refractivity (Wildman–Crippen MR) is 129 cm³/mol. The maximum absolute atomic E-state index is 13.7. The van der Waals surface area contributed by atoms with Crippen LogP contribution in [0.5, 0.6) is 0 Å². The number of rotatable bonds is 7. The average Bonchev–Trinajstić information content (AvgIpc) is 2.82. The molecule has 0 radical (unpaired) electrons. The normalized spacial score (nSPS) is 10.7. The lowest BCUT2D eigenvalue weighted by atomic mass is 10.1. The third-order valence-electron chi connectivity index (χ3n) is 5.18. The summed E-state index contributed by atoms with van der Waals surface area (Å²) in [5.41, 5.74) is 3.98. The number of hydrogen-bond donors (Lipinski definition) is 1. The van der Waals surface area contributed by atoms with Gasteiger partial charge in [-0.1, -0.05) is 36.4 Å². The molecule has 7 heteroatoms. The predicted octanol–water partition coefficient (Wildman–Crippen LogP) is 4.71. The number of nitrogens with one attached hydrogen (secondary N) is 1. The monoisotopic (exact) mass is 505 g/mol. The van der Waals surface area contributed by atoms with E-state index in [1.807, 2.05) is 30.3 Å². The van der Waals surface area contributed by atoms with Crippen molar-refractivity contribution in [2.75, 3.05) is 0 Å². The number of benzene rings is 2. The Bertz CT molecular complexity index is 1340. The molecule has 0 atom stereocenters. The first-order valence-electron chi connectivity index (χ1n) is 10.4. The van der Waals surface area contributed by atoms with E-state index in [-0.39, 0.29) is 23.8 Å². The van der Waals surface area contributed by atoms with E-state index in [1.54, 1.807) is 53.4 Å². The fourth-order valence-electron chi connectivity index (χ4n) is 3.41. The summed E-state index contributed by atoms with van der Waals surface area (Å²) < 4.78 is 15.7. The molecule has 2 aromatic heterocycles. The van der Waals surface area contributed by atoms with Gasteiger partial charge >= 0.3 is 0 Å². The second kappa shape index (κ2) is 10.4.